The average molecular weight is 847 g/mol. The number of esters is 1. The van der Waals surface area contributed by atoms with Crippen molar-refractivity contribution in [2.24, 2.45) is 11.1 Å². The van der Waals surface area contributed by atoms with Crippen molar-refractivity contribution in [3.63, 3.8) is 0 Å². The molecule has 0 bridgehead atoms. The number of amides is 1. The maximum Gasteiger partial charge on any atom is 0.353 e. The normalized spacial score (nSPS) is 20.8. The molecule has 1 amide bonds. The van der Waals surface area contributed by atoms with E-state index >= 15 is 0 Å². The highest BCUT2D eigenvalue weighted by Gasteiger charge is 2.53. The zero-order valence-corrected chi connectivity index (χ0v) is 35.9. The molecule has 15 nitrogen and oxygen atoms in total. The van der Waals surface area contributed by atoms with Gasteiger partial charge in [-0.2, -0.15) is 0 Å². The molecule has 59 heavy (non-hydrogen) atoms. The van der Waals surface area contributed by atoms with Gasteiger partial charge in [0.25, 0.3) is 5.69 Å². The predicted molar refractivity (Wildman–Crippen MR) is 222 cm³/mol. The molecule has 0 aliphatic carbocycles. The summed E-state index contributed by atoms with van der Waals surface area (Å²) >= 11 is 2.68. The van der Waals surface area contributed by atoms with Crippen molar-refractivity contribution in [3.8, 4) is 11.5 Å². The van der Waals surface area contributed by atoms with Crippen LogP contribution >= 0.6 is 23.1 Å². The van der Waals surface area contributed by atoms with Crippen molar-refractivity contribution in [1.29, 1.82) is 0 Å². The fourth-order valence-electron chi connectivity index (χ4n) is 7.34. The van der Waals surface area contributed by atoms with Crippen LogP contribution in [0.2, 0.25) is 0 Å². The molecule has 6 rings (SSSR count). The standard InChI is InChI=1S/C42H47N5O10S2/c1-23(48)37-28(12-11-26-10-9-25(15-32(26)46(54)55)19-47(8)14-13-27-16-33(49)34(50)17-29(27)20-47)21-59-39-30(38(52)45(37)39)18-35(51)36(31-22-58-24(2)43-31)44-57-42(6,7)40(53)56-41(3,4)5/h9-12,15-17,22,30,39H,13-14,18-21H2,1-8H3,(H-,44,49,50,51)/p+1/t30-,39-,47?/m1/s1. The fraction of sp³-hybridized carbons (Fsp3) is 0.429. The summed E-state index contributed by atoms with van der Waals surface area (Å²) in [5.74, 6) is -2.79. The number of aromatic hydroxyl groups is 2. The zero-order valence-electron chi connectivity index (χ0n) is 34.2. The first-order valence-electron chi connectivity index (χ1n) is 19.0. The topological polar surface area (TPSA) is 199 Å². The molecule has 0 radical (unpaired) electrons. The number of hydrogen-bond acceptors (Lipinski definition) is 14. The molecule has 3 atom stereocenters. The number of ketones is 2. The molecule has 3 aliphatic rings. The van der Waals surface area contributed by atoms with Crippen LogP contribution in [0.15, 0.2) is 58.2 Å². The van der Waals surface area contributed by atoms with Gasteiger partial charge < -0.3 is 24.3 Å². The van der Waals surface area contributed by atoms with Gasteiger partial charge in [0.2, 0.25) is 11.5 Å². The number of aromatic nitrogens is 1. The van der Waals surface area contributed by atoms with Crippen LogP contribution in [0.4, 0.5) is 5.69 Å². The van der Waals surface area contributed by atoms with E-state index < -0.39 is 45.1 Å². The third-order valence-corrected chi connectivity index (χ3v) is 12.4. The number of nitrogens with zero attached hydrogens (tertiary/aromatic N) is 5. The number of benzene rings is 2. The van der Waals surface area contributed by atoms with Gasteiger partial charge >= 0.3 is 5.97 Å². The minimum absolute atomic E-state index is 0.110. The molecule has 0 saturated carbocycles. The third kappa shape index (κ3) is 9.42. The summed E-state index contributed by atoms with van der Waals surface area (Å²) < 4.78 is 6.00. The number of nitro benzene ring substituents is 1. The Labute approximate surface area is 350 Å². The van der Waals surface area contributed by atoms with Crippen LogP contribution < -0.4 is 0 Å². The van der Waals surface area contributed by atoms with Crippen LogP contribution in [-0.4, -0.2) is 94.6 Å². The third-order valence-electron chi connectivity index (χ3n) is 10.3. The number of thiazole rings is 1. The first-order valence-corrected chi connectivity index (χ1v) is 21.0. The molecule has 4 heterocycles. The molecule has 1 aromatic heterocycles. The van der Waals surface area contributed by atoms with E-state index in [1.165, 1.54) is 48.8 Å². The minimum atomic E-state index is -1.54. The summed E-state index contributed by atoms with van der Waals surface area (Å²) in [5, 5.41) is 38.2. The van der Waals surface area contributed by atoms with E-state index in [4.69, 9.17) is 9.57 Å². The Morgan fingerprint density at radius 2 is 1.80 bits per heavy atom. The van der Waals surface area contributed by atoms with E-state index in [1.807, 2.05) is 13.1 Å². The van der Waals surface area contributed by atoms with Gasteiger partial charge in [0, 0.05) is 48.1 Å². The zero-order chi connectivity index (χ0) is 43.2. The van der Waals surface area contributed by atoms with Gasteiger partial charge in [-0.3, -0.25) is 29.4 Å². The van der Waals surface area contributed by atoms with E-state index in [9.17, 15) is 39.5 Å². The van der Waals surface area contributed by atoms with Gasteiger partial charge in [-0.05, 0) is 77.0 Å². The second kappa shape index (κ2) is 16.3. The summed E-state index contributed by atoms with van der Waals surface area (Å²) in [6.45, 7) is 13.0. The summed E-state index contributed by atoms with van der Waals surface area (Å²) in [5.41, 5.74) is 1.32. The average Bonchev–Trinajstić information content (AvgIpc) is 3.57. The molecule has 3 aliphatic heterocycles. The summed E-state index contributed by atoms with van der Waals surface area (Å²) in [4.78, 5) is 76.7. The van der Waals surface area contributed by atoms with Crippen LogP contribution in [0.1, 0.15) is 80.9 Å². The van der Waals surface area contributed by atoms with E-state index in [1.54, 1.807) is 69.5 Å². The fourth-order valence-corrected chi connectivity index (χ4v) is 9.33. The molecule has 0 spiro atoms. The lowest BCUT2D eigenvalue weighted by molar-refractivity contribution is -0.937. The minimum Gasteiger partial charge on any atom is -0.504 e. The highest BCUT2D eigenvalue weighted by molar-refractivity contribution is 8.00. The number of phenols is 2. The summed E-state index contributed by atoms with van der Waals surface area (Å²) in [6.07, 6.45) is 3.64. The van der Waals surface area contributed by atoms with Crippen molar-refractivity contribution in [2.75, 3.05) is 19.3 Å². The van der Waals surface area contributed by atoms with E-state index in [2.05, 4.69) is 10.1 Å². The molecule has 2 N–H and O–H groups in total. The maximum absolute atomic E-state index is 13.8. The quantitative estimate of drug-likeness (QED) is 0.0368. The molecule has 1 fully saturated rings. The Balaban J connectivity index is 1.18. The number of thioether (sulfide) groups is 1. The number of Topliss-reactive ketones (excluding diaryl/α,β-unsaturated/α-hetero) is 2. The molecule has 17 heteroatoms. The Bertz CT molecular complexity index is 2340. The van der Waals surface area contributed by atoms with Crippen LogP contribution in [-0.2, 0) is 48.3 Å². The number of oxime groups is 1. The smallest absolute Gasteiger partial charge is 0.353 e. The number of phenolic OH excluding ortho intramolecular Hbond substituents is 2. The Morgan fingerprint density at radius 3 is 2.42 bits per heavy atom. The summed E-state index contributed by atoms with van der Waals surface area (Å²) in [7, 11) is 2.05. The lowest BCUT2D eigenvalue weighted by Crippen LogP contribution is -2.61. The number of aryl methyl sites for hydroxylation is 1. The van der Waals surface area contributed by atoms with Gasteiger partial charge in [0.05, 0.1) is 46.1 Å². The molecular formula is C42H48N5O10S2+. The number of ether oxygens (including phenoxy) is 1. The first-order chi connectivity index (χ1) is 27.6. The number of fused-ring (bicyclic) bond motifs is 2. The SMILES string of the molecule is CC(=O)C1=C(C=Cc2ccc(C[N+]3(C)CCc4cc(O)c(O)cc4C3)cc2[N+](=O)[O-])CS[C@@H]2[C@H](CC(=O)/C(=N\OC(C)(C)C(=O)OC(C)(C)C)c3csc(C)n3)C(=O)N12. The predicted octanol–water partition coefficient (Wildman–Crippen LogP) is 6.36. The Morgan fingerprint density at radius 1 is 1.10 bits per heavy atom. The second-order valence-electron chi connectivity index (χ2n) is 16.9. The number of allylic oxidation sites excluding steroid dienone is 2. The Kier molecular flexibility index (Phi) is 12.0. The number of carbonyl (C=O) groups excluding carboxylic acids is 4. The van der Waals surface area contributed by atoms with Gasteiger partial charge in [-0.1, -0.05) is 17.3 Å². The number of likely N-dealkylation sites (N-methyl/N-ethyl adjacent to an activating group) is 1. The number of rotatable bonds is 13. The van der Waals surface area contributed by atoms with Crippen LogP contribution in [0.25, 0.3) is 6.08 Å². The van der Waals surface area contributed by atoms with Crippen LogP contribution in [0.3, 0.4) is 0 Å². The van der Waals surface area contributed by atoms with Crippen molar-refractivity contribution >= 4 is 64.0 Å². The second-order valence-corrected chi connectivity index (χ2v) is 19.0. The molecule has 2 aromatic carbocycles. The van der Waals surface area contributed by atoms with Gasteiger partial charge in [0.1, 0.15) is 24.4 Å². The number of hydrogen-bond donors (Lipinski definition) is 2. The largest absolute Gasteiger partial charge is 0.504 e. The highest BCUT2D eigenvalue weighted by Crippen LogP contribution is 2.46. The van der Waals surface area contributed by atoms with Crippen LogP contribution in [0, 0.1) is 23.0 Å². The van der Waals surface area contributed by atoms with Gasteiger partial charge in [-0.15, -0.1) is 23.1 Å². The molecule has 312 valence electrons. The van der Waals surface area contributed by atoms with Crippen molar-refractivity contribution in [1.82, 2.24) is 9.88 Å². The van der Waals surface area contributed by atoms with Crippen molar-refractivity contribution in [3.05, 3.63) is 96.1 Å². The van der Waals surface area contributed by atoms with Gasteiger partial charge in [0.15, 0.2) is 28.8 Å². The van der Waals surface area contributed by atoms with Gasteiger partial charge in [-0.25, -0.2) is 9.78 Å². The monoisotopic (exact) mass is 846 g/mol. The van der Waals surface area contributed by atoms with Crippen molar-refractivity contribution < 1.29 is 48.4 Å². The van der Waals surface area contributed by atoms with E-state index in [0.29, 0.717) is 45.9 Å². The van der Waals surface area contributed by atoms with Crippen molar-refractivity contribution in [2.45, 2.75) is 91.0 Å². The lowest BCUT2D eigenvalue weighted by atomic mass is 9.88. The highest BCUT2D eigenvalue weighted by atomic mass is 32.2. The number of nitro groups is 1. The van der Waals surface area contributed by atoms with Crippen LogP contribution in [0.5, 0.6) is 11.5 Å². The Hall–Kier alpha value is -5.39. The van der Waals surface area contributed by atoms with E-state index in [0.717, 1.165) is 23.2 Å². The molecule has 1 unspecified atom stereocenters. The number of carbonyl (C=O) groups is 4. The lowest BCUT2D eigenvalue weighted by Gasteiger charge is -2.49. The first kappa shape index (κ1) is 43.2. The number of β-lactam (4-membered cyclic amide) rings is 1. The number of quaternary nitrogens is 1. The summed E-state index contributed by atoms with van der Waals surface area (Å²) in [6, 6.07) is 8.21. The molecule has 1 saturated heterocycles. The van der Waals surface area contributed by atoms with E-state index in [-0.39, 0.29) is 46.5 Å². The maximum atomic E-state index is 13.8. The molecular weight excluding hydrogens is 799 g/mol. The molecule has 3 aromatic rings.